The highest BCUT2D eigenvalue weighted by Gasteiger charge is 2.18. The van der Waals surface area contributed by atoms with E-state index in [1.54, 1.807) is 0 Å². The van der Waals surface area contributed by atoms with Gasteiger partial charge in [-0.1, -0.05) is 11.6 Å². The third kappa shape index (κ3) is 3.86. The zero-order chi connectivity index (χ0) is 13.9. The molecule has 0 aromatic heterocycles. The molecule has 98 valence electrons. The van der Waals surface area contributed by atoms with Crippen LogP contribution in [0.3, 0.4) is 0 Å². The van der Waals surface area contributed by atoms with E-state index in [9.17, 15) is 23.3 Å². The molecule has 0 aliphatic carbocycles. The number of carboxylic acids is 1. The highest BCUT2D eigenvalue weighted by atomic mass is 35.5. The minimum atomic E-state index is -4.06. The number of rotatable bonds is 5. The van der Waals surface area contributed by atoms with Crippen LogP contribution in [0.25, 0.3) is 0 Å². The molecule has 1 aromatic rings. The zero-order valence-corrected chi connectivity index (χ0v) is 10.2. The van der Waals surface area contributed by atoms with Crippen LogP contribution < -0.4 is 4.72 Å². The molecule has 0 aliphatic heterocycles. The van der Waals surface area contributed by atoms with Crippen LogP contribution in [0.15, 0.2) is 18.2 Å². The van der Waals surface area contributed by atoms with Crippen molar-refractivity contribution in [2.75, 3.05) is 10.5 Å². The summed E-state index contributed by atoms with van der Waals surface area (Å²) in [5.74, 6) is -2.63. The van der Waals surface area contributed by atoms with Crippen LogP contribution in [0.4, 0.5) is 11.4 Å². The number of hydrogen-bond acceptors (Lipinski definition) is 5. The third-order valence-corrected chi connectivity index (χ3v) is 3.21. The second-order valence-corrected chi connectivity index (χ2v) is 5.31. The molecule has 0 spiro atoms. The topological polar surface area (TPSA) is 127 Å². The Morgan fingerprint density at radius 2 is 2.11 bits per heavy atom. The monoisotopic (exact) mass is 294 g/mol. The smallest absolute Gasteiger partial charge is 0.320 e. The van der Waals surface area contributed by atoms with E-state index in [-0.39, 0.29) is 16.4 Å². The lowest BCUT2D eigenvalue weighted by Crippen LogP contribution is -2.22. The summed E-state index contributed by atoms with van der Waals surface area (Å²) in [4.78, 5) is 20.0. The van der Waals surface area contributed by atoms with Crippen LogP contribution >= 0.6 is 11.6 Å². The summed E-state index contributed by atoms with van der Waals surface area (Å²) >= 11 is 5.57. The Bertz CT molecular complexity index is 600. The number of nitro groups is 1. The predicted octanol–water partition coefficient (Wildman–Crippen LogP) is 1.07. The van der Waals surface area contributed by atoms with Crippen LogP contribution in [0, 0.1) is 10.1 Å². The predicted molar refractivity (Wildman–Crippen MR) is 63.2 cm³/mol. The third-order valence-electron chi connectivity index (χ3n) is 1.73. The molecular weight excluding hydrogens is 288 g/mol. The van der Waals surface area contributed by atoms with Crippen LogP contribution in [-0.4, -0.2) is 30.2 Å². The lowest BCUT2D eigenvalue weighted by molar-refractivity contribution is -0.384. The average Bonchev–Trinajstić information content (AvgIpc) is 2.13. The van der Waals surface area contributed by atoms with Gasteiger partial charge in [0.15, 0.2) is 5.75 Å². The molecule has 0 unspecified atom stereocenters. The van der Waals surface area contributed by atoms with Gasteiger partial charge in [0, 0.05) is 6.07 Å². The Balaban J connectivity index is 2.97. The summed E-state index contributed by atoms with van der Waals surface area (Å²) < 4.78 is 24.5. The van der Waals surface area contributed by atoms with Gasteiger partial charge in [0.05, 0.1) is 10.6 Å². The van der Waals surface area contributed by atoms with Crippen molar-refractivity contribution in [1.82, 2.24) is 0 Å². The number of nitro benzene ring substituents is 1. The number of carboxylic acid groups (broad SMARTS) is 1. The first-order valence-corrected chi connectivity index (χ1v) is 6.40. The van der Waals surface area contributed by atoms with Crippen molar-refractivity contribution in [3.05, 3.63) is 33.3 Å². The Labute approximate surface area is 106 Å². The molecule has 18 heavy (non-hydrogen) atoms. The summed E-state index contributed by atoms with van der Waals surface area (Å²) in [5.41, 5.74) is -0.426. The van der Waals surface area contributed by atoms with Crippen LogP contribution in [0.5, 0.6) is 0 Å². The number of aliphatic carboxylic acids is 1. The normalized spacial score (nSPS) is 10.9. The first-order chi connectivity index (χ1) is 8.21. The van der Waals surface area contributed by atoms with E-state index in [0.717, 1.165) is 18.2 Å². The number of nitrogens with zero attached hydrogens (tertiary/aromatic N) is 1. The molecule has 0 amide bonds. The molecule has 10 heteroatoms. The van der Waals surface area contributed by atoms with Gasteiger partial charge in [0.1, 0.15) is 5.02 Å². The molecule has 0 atom stereocenters. The Morgan fingerprint density at radius 1 is 1.50 bits per heavy atom. The summed E-state index contributed by atoms with van der Waals surface area (Å²) in [6, 6.07) is 3.16. The molecule has 0 heterocycles. The van der Waals surface area contributed by atoms with Crippen molar-refractivity contribution in [3.63, 3.8) is 0 Å². The van der Waals surface area contributed by atoms with Crippen molar-refractivity contribution in [2.24, 2.45) is 0 Å². The summed E-state index contributed by atoms with van der Waals surface area (Å²) in [5, 5.41) is 18.6. The summed E-state index contributed by atoms with van der Waals surface area (Å²) in [7, 11) is -4.06. The highest BCUT2D eigenvalue weighted by molar-refractivity contribution is 7.93. The molecule has 0 saturated heterocycles. The molecule has 1 rings (SSSR count). The van der Waals surface area contributed by atoms with E-state index in [1.165, 1.54) is 0 Å². The fourth-order valence-electron chi connectivity index (χ4n) is 1.10. The van der Waals surface area contributed by atoms with Crippen molar-refractivity contribution >= 4 is 39.0 Å². The van der Waals surface area contributed by atoms with Crippen molar-refractivity contribution in [2.45, 2.75) is 0 Å². The minimum Gasteiger partial charge on any atom is -0.480 e. The lowest BCUT2D eigenvalue weighted by atomic mass is 10.3. The average molecular weight is 295 g/mol. The minimum absolute atomic E-state index is 0.0492. The van der Waals surface area contributed by atoms with E-state index in [0.29, 0.717) is 0 Å². The van der Waals surface area contributed by atoms with Crippen LogP contribution in [-0.2, 0) is 14.8 Å². The quantitative estimate of drug-likeness (QED) is 0.618. The van der Waals surface area contributed by atoms with Gasteiger partial charge in [0.2, 0.25) is 10.0 Å². The first-order valence-electron chi connectivity index (χ1n) is 4.37. The van der Waals surface area contributed by atoms with E-state index >= 15 is 0 Å². The molecule has 2 N–H and O–H groups in total. The van der Waals surface area contributed by atoms with Gasteiger partial charge in [-0.2, -0.15) is 0 Å². The van der Waals surface area contributed by atoms with E-state index in [4.69, 9.17) is 16.7 Å². The molecular formula is C8H7ClN2O6S. The van der Waals surface area contributed by atoms with Gasteiger partial charge in [-0.15, -0.1) is 0 Å². The molecule has 0 aliphatic rings. The molecule has 1 aromatic carbocycles. The highest BCUT2D eigenvalue weighted by Crippen LogP contribution is 2.27. The Kier molecular flexibility index (Phi) is 4.09. The van der Waals surface area contributed by atoms with Gasteiger partial charge in [0.25, 0.3) is 5.69 Å². The van der Waals surface area contributed by atoms with Gasteiger partial charge >= 0.3 is 5.97 Å². The van der Waals surface area contributed by atoms with E-state index < -0.39 is 26.7 Å². The maximum Gasteiger partial charge on any atom is 0.320 e. The number of sulfonamides is 1. The van der Waals surface area contributed by atoms with Crippen molar-refractivity contribution in [3.8, 4) is 0 Å². The zero-order valence-electron chi connectivity index (χ0n) is 8.66. The van der Waals surface area contributed by atoms with Gasteiger partial charge in [-0.25, -0.2) is 8.42 Å². The largest absolute Gasteiger partial charge is 0.480 e. The number of carbonyl (C=O) groups is 1. The SMILES string of the molecule is O=C(O)CS(=O)(=O)Nc1ccc([N+](=O)[O-])c(Cl)c1. The molecule has 0 bridgehead atoms. The van der Waals surface area contributed by atoms with E-state index in [1.807, 2.05) is 4.72 Å². The number of halogens is 1. The lowest BCUT2D eigenvalue weighted by Gasteiger charge is -2.06. The van der Waals surface area contributed by atoms with Crippen molar-refractivity contribution < 1.29 is 23.2 Å². The Hall–Kier alpha value is -1.87. The van der Waals surface area contributed by atoms with Crippen LogP contribution in [0.1, 0.15) is 0 Å². The maximum absolute atomic E-state index is 11.3. The molecule has 0 saturated carbocycles. The number of hydrogen-bond donors (Lipinski definition) is 2. The second-order valence-electron chi connectivity index (χ2n) is 3.18. The van der Waals surface area contributed by atoms with E-state index in [2.05, 4.69) is 0 Å². The number of nitrogens with one attached hydrogen (secondary N) is 1. The summed E-state index contributed by atoms with van der Waals surface area (Å²) in [6.45, 7) is 0. The van der Waals surface area contributed by atoms with Crippen molar-refractivity contribution in [1.29, 1.82) is 0 Å². The fraction of sp³-hybridized carbons (Fsp3) is 0.125. The first kappa shape index (κ1) is 14.2. The Morgan fingerprint density at radius 3 is 2.56 bits per heavy atom. The summed E-state index contributed by atoms with van der Waals surface area (Å²) in [6.07, 6.45) is 0. The number of benzene rings is 1. The number of anilines is 1. The van der Waals surface area contributed by atoms with Gasteiger partial charge in [-0.05, 0) is 12.1 Å². The molecule has 8 nitrogen and oxygen atoms in total. The second kappa shape index (κ2) is 5.19. The maximum atomic E-state index is 11.3. The molecule has 0 radical (unpaired) electrons. The van der Waals surface area contributed by atoms with Gasteiger partial charge in [-0.3, -0.25) is 19.6 Å². The van der Waals surface area contributed by atoms with Crippen LogP contribution in [0.2, 0.25) is 5.02 Å². The molecule has 0 fully saturated rings. The fourth-order valence-corrected chi connectivity index (χ4v) is 2.23. The standard InChI is InChI=1S/C8H7ClN2O6S/c9-6-3-5(1-2-7(6)11(14)15)10-18(16,17)4-8(12)13/h1-3,10H,4H2,(H,12,13). The van der Waals surface area contributed by atoms with Gasteiger partial charge < -0.3 is 5.11 Å².